The number of rotatable bonds is 5. The summed E-state index contributed by atoms with van der Waals surface area (Å²) in [6.45, 7) is 1.84. The monoisotopic (exact) mass is 279 g/mol. The minimum absolute atomic E-state index is 0.202. The number of nitrogens with two attached hydrogens (primary N) is 1. The van der Waals surface area contributed by atoms with Crippen molar-refractivity contribution in [3.8, 4) is 11.5 Å². The Morgan fingerprint density at radius 3 is 2.17 bits per heavy atom. The van der Waals surface area contributed by atoms with E-state index in [-0.39, 0.29) is 10.7 Å². The Kier molecular flexibility index (Phi) is 4.77. The van der Waals surface area contributed by atoms with Gasteiger partial charge in [-0.1, -0.05) is 19.1 Å². The molecule has 1 aromatic carbocycles. The van der Waals surface area contributed by atoms with Gasteiger partial charge in [-0.25, -0.2) is 0 Å². The number of halogens is 3. The Bertz CT molecular complexity index is 406. The molecule has 1 rings (SSSR count). The molecule has 0 amide bonds. The molecular formula is C11H12F3NO2S. The van der Waals surface area contributed by atoms with Crippen LogP contribution in [0.2, 0.25) is 0 Å². The highest BCUT2D eigenvalue weighted by Gasteiger charge is 2.31. The molecule has 18 heavy (non-hydrogen) atoms. The molecule has 0 heterocycles. The van der Waals surface area contributed by atoms with Crippen LogP contribution in [0.15, 0.2) is 24.3 Å². The van der Waals surface area contributed by atoms with Gasteiger partial charge < -0.3 is 15.2 Å². The first-order chi connectivity index (χ1) is 8.31. The second-order valence-corrected chi connectivity index (χ2v) is 3.91. The molecule has 0 bridgehead atoms. The summed E-state index contributed by atoms with van der Waals surface area (Å²) in [5.74, 6) is 0.0717. The van der Waals surface area contributed by atoms with E-state index in [0.29, 0.717) is 12.2 Å². The zero-order chi connectivity index (χ0) is 13.8. The van der Waals surface area contributed by atoms with Crippen LogP contribution in [-0.4, -0.2) is 17.5 Å². The van der Waals surface area contributed by atoms with E-state index in [1.54, 1.807) is 0 Å². The first kappa shape index (κ1) is 14.6. The first-order valence-corrected chi connectivity index (χ1v) is 5.54. The topological polar surface area (TPSA) is 44.5 Å². The number of alkyl halides is 3. The molecule has 2 N–H and O–H groups in total. The highest BCUT2D eigenvalue weighted by Crippen LogP contribution is 2.25. The van der Waals surface area contributed by atoms with Crippen molar-refractivity contribution in [3.05, 3.63) is 24.3 Å². The number of benzene rings is 1. The summed E-state index contributed by atoms with van der Waals surface area (Å²) in [6, 6.07) is 5.05. The first-order valence-electron chi connectivity index (χ1n) is 5.13. The van der Waals surface area contributed by atoms with Crippen molar-refractivity contribution >= 4 is 17.2 Å². The zero-order valence-electron chi connectivity index (χ0n) is 9.53. The maximum Gasteiger partial charge on any atom is 0.573 e. The third-order valence-corrected chi connectivity index (χ3v) is 2.29. The molecule has 0 aliphatic rings. The Balaban J connectivity index is 2.68. The van der Waals surface area contributed by atoms with Gasteiger partial charge in [0.15, 0.2) is 0 Å². The average molecular weight is 279 g/mol. The van der Waals surface area contributed by atoms with Crippen LogP contribution in [0.25, 0.3) is 0 Å². The smallest absolute Gasteiger partial charge is 0.483 e. The highest BCUT2D eigenvalue weighted by atomic mass is 32.1. The van der Waals surface area contributed by atoms with Gasteiger partial charge in [-0.2, -0.15) is 0 Å². The predicted molar refractivity (Wildman–Crippen MR) is 64.6 cm³/mol. The Morgan fingerprint density at radius 1 is 1.28 bits per heavy atom. The molecular weight excluding hydrogens is 267 g/mol. The second-order valence-electron chi connectivity index (χ2n) is 3.44. The highest BCUT2D eigenvalue weighted by molar-refractivity contribution is 7.80. The molecule has 0 radical (unpaired) electrons. The molecule has 0 spiro atoms. The number of hydrogen-bond donors (Lipinski definition) is 1. The fourth-order valence-electron chi connectivity index (χ4n) is 1.23. The zero-order valence-corrected chi connectivity index (χ0v) is 10.3. The van der Waals surface area contributed by atoms with Gasteiger partial charge in [0.2, 0.25) is 0 Å². The van der Waals surface area contributed by atoms with Gasteiger partial charge in [0.05, 0.1) is 0 Å². The molecule has 0 aromatic heterocycles. The van der Waals surface area contributed by atoms with Gasteiger partial charge in [0.1, 0.15) is 22.6 Å². The van der Waals surface area contributed by atoms with Crippen molar-refractivity contribution in [2.45, 2.75) is 25.8 Å². The fourth-order valence-corrected chi connectivity index (χ4v) is 1.44. The normalized spacial score (nSPS) is 12.9. The lowest BCUT2D eigenvalue weighted by molar-refractivity contribution is -0.274. The lowest BCUT2D eigenvalue weighted by Crippen LogP contribution is -2.31. The van der Waals surface area contributed by atoms with Crippen molar-refractivity contribution in [3.63, 3.8) is 0 Å². The van der Waals surface area contributed by atoms with Gasteiger partial charge in [0.25, 0.3) is 0 Å². The largest absolute Gasteiger partial charge is 0.573 e. The van der Waals surface area contributed by atoms with Gasteiger partial charge in [-0.05, 0) is 30.7 Å². The Labute approximate surface area is 108 Å². The number of hydrogen-bond acceptors (Lipinski definition) is 3. The van der Waals surface area contributed by atoms with E-state index in [0.717, 1.165) is 12.1 Å². The van der Waals surface area contributed by atoms with Crippen molar-refractivity contribution in [1.29, 1.82) is 0 Å². The molecule has 0 saturated carbocycles. The summed E-state index contributed by atoms with van der Waals surface area (Å²) >= 11 is 4.79. The maximum absolute atomic E-state index is 11.9. The third kappa shape index (κ3) is 4.79. The van der Waals surface area contributed by atoms with Crippen LogP contribution in [0, 0.1) is 0 Å². The van der Waals surface area contributed by atoms with Crippen LogP contribution in [0.3, 0.4) is 0 Å². The molecule has 0 fully saturated rings. The quantitative estimate of drug-likeness (QED) is 0.841. The molecule has 3 nitrogen and oxygen atoms in total. The average Bonchev–Trinajstić information content (AvgIpc) is 2.25. The van der Waals surface area contributed by atoms with Crippen molar-refractivity contribution in [2.75, 3.05) is 0 Å². The van der Waals surface area contributed by atoms with Crippen LogP contribution in [0.5, 0.6) is 11.5 Å². The van der Waals surface area contributed by atoms with Crippen LogP contribution < -0.4 is 15.2 Å². The second kappa shape index (κ2) is 5.90. The minimum Gasteiger partial charge on any atom is -0.483 e. The van der Waals surface area contributed by atoms with Gasteiger partial charge in [-0.3, -0.25) is 0 Å². The Morgan fingerprint density at radius 2 is 1.78 bits per heavy atom. The minimum atomic E-state index is -4.70. The molecule has 0 aliphatic carbocycles. The van der Waals surface area contributed by atoms with Crippen molar-refractivity contribution in [2.24, 2.45) is 5.73 Å². The van der Waals surface area contributed by atoms with E-state index in [4.69, 9.17) is 22.7 Å². The Hall–Kier alpha value is -1.50. The van der Waals surface area contributed by atoms with E-state index < -0.39 is 12.5 Å². The van der Waals surface area contributed by atoms with E-state index in [2.05, 4.69) is 4.74 Å². The molecule has 1 atom stereocenters. The summed E-state index contributed by atoms with van der Waals surface area (Å²) < 4.78 is 44.9. The van der Waals surface area contributed by atoms with Gasteiger partial charge in [-0.15, -0.1) is 13.2 Å². The molecule has 7 heteroatoms. The molecule has 0 saturated heterocycles. The molecule has 100 valence electrons. The van der Waals surface area contributed by atoms with E-state index in [9.17, 15) is 13.2 Å². The van der Waals surface area contributed by atoms with Crippen LogP contribution in [0.1, 0.15) is 13.3 Å². The van der Waals surface area contributed by atoms with E-state index >= 15 is 0 Å². The lowest BCUT2D eigenvalue weighted by Gasteiger charge is -2.16. The molecule has 0 aliphatic heterocycles. The summed E-state index contributed by atoms with van der Waals surface area (Å²) in [7, 11) is 0. The predicted octanol–water partition coefficient (Wildman–Crippen LogP) is 3.03. The molecule has 1 unspecified atom stereocenters. The third-order valence-electron chi connectivity index (χ3n) is 2.02. The number of thiocarbonyl (C=S) groups is 1. The summed E-state index contributed by atoms with van der Waals surface area (Å²) in [5, 5.41) is 0. The number of ether oxygens (including phenoxy) is 2. The lowest BCUT2D eigenvalue weighted by atomic mass is 10.2. The maximum atomic E-state index is 11.9. The van der Waals surface area contributed by atoms with Crippen LogP contribution in [-0.2, 0) is 0 Å². The van der Waals surface area contributed by atoms with Crippen LogP contribution >= 0.6 is 12.2 Å². The van der Waals surface area contributed by atoms with Crippen molar-refractivity contribution in [1.82, 2.24) is 0 Å². The van der Waals surface area contributed by atoms with Crippen LogP contribution in [0.4, 0.5) is 13.2 Å². The summed E-state index contributed by atoms with van der Waals surface area (Å²) in [6.07, 6.45) is -4.56. The van der Waals surface area contributed by atoms with Gasteiger partial charge >= 0.3 is 6.36 Å². The molecule has 1 aromatic rings. The summed E-state index contributed by atoms with van der Waals surface area (Å²) in [5.41, 5.74) is 5.44. The van der Waals surface area contributed by atoms with E-state index in [1.807, 2.05) is 6.92 Å². The SMILES string of the molecule is CCC(Oc1ccc(OC(F)(F)F)cc1)C(N)=S. The standard InChI is InChI=1S/C11H12F3NO2S/c1-2-9(10(15)18)16-7-3-5-8(6-4-7)17-11(12,13)14/h3-6,9H,2H2,1H3,(H2,15,18). The van der Waals surface area contributed by atoms with Gasteiger partial charge in [0, 0.05) is 0 Å². The fraction of sp³-hybridized carbons (Fsp3) is 0.364. The van der Waals surface area contributed by atoms with Crippen molar-refractivity contribution < 1.29 is 22.6 Å². The summed E-state index contributed by atoms with van der Waals surface area (Å²) in [4.78, 5) is 0.202. The van der Waals surface area contributed by atoms with E-state index in [1.165, 1.54) is 12.1 Å².